The molecule has 2 atom stereocenters. The standard InChI is InChI=1S/C25H31NS2.C2H2O4/c1-2-7-20(8-3-1)17-21-12-15-26(16-13-21)18-23-19-27-25(28-23)14-6-10-22-9-4-5-11-24(22)25;3-1(4)2(5)6/h1-5,7-9,11,21,23H,6,10,12-19H2;(H,3,4)(H,5,6)/t23-,25-;/m1./s1. The van der Waals surface area contributed by atoms with Crippen LogP contribution in [0.1, 0.15) is 42.4 Å². The molecular weight excluding hydrogens is 466 g/mol. The molecule has 1 spiro atoms. The summed E-state index contributed by atoms with van der Waals surface area (Å²) in [5, 5.41) is 15.6. The van der Waals surface area contributed by atoms with E-state index < -0.39 is 11.9 Å². The van der Waals surface area contributed by atoms with Gasteiger partial charge in [0.25, 0.3) is 0 Å². The highest BCUT2D eigenvalue weighted by atomic mass is 32.2. The van der Waals surface area contributed by atoms with E-state index in [0.717, 1.165) is 11.2 Å². The number of hydrogen-bond donors (Lipinski definition) is 2. The number of carbonyl (C=O) groups is 2. The fourth-order valence-electron chi connectivity index (χ4n) is 5.29. The molecule has 34 heavy (non-hydrogen) atoms. The number of benzene rings is 2. The van der Waals surface area contributed by atoms with E-state index in [1.54, 1.807) is 11.1 Å². The smallest absolute Gasteiger partial charge is 0.414 e. The van der Waals surface area contributed by atoms with Crippen molar-refractivity contribution in [3.63, 3.8) is 0 Å². The summed E-state index contributed by atoms with van der Waals surface area (Å²) in [6.07, 6.45) is 7.99. The van der Waals surface area contributed by atoms with E-state index in [-0.39, 0.29) is 0 Å². The largest absolute Gasteiger partial charge is 0.473 e. The van der Waals surface area contributed by atoms with Crippen molar-refractivity contribution in [1.82, 2.24) is 4.90 Å². The Morgan fingerprint density at radius 1 is 0.971 bits per heavy atom. The average molecular weight is 500 g/mol. The predicted molar refractivity (Wildman–Crippen MR) is 139 cm³/mol. The molecule has 2 N–H and O–H groups in total. The minimum absolute atomic E-state index is 0.352. The molecule has 182 valence electrons. The molecule has 7 heteroatoms. The van der Waals surface area contributed by atoms with Crippen molar-refractivity contribution in [2.45, 2.75) is 47.9 Å². The molecule has 2 saturated heterocycles. The molecule has 2 aromatic rings. The summed E-state index contributed by atoms with van der Waals surface area (Å²) < 4.78 is 0.352. The summed E-state index contributed by atoms with van der Waals surface area (Å²) in [4.78, 5) is 21.0. The number of hydrogen-bond acceptors (Lipinski definition) is 5. The topological polar surface area (TPSA) is 77.8 Å². The van der Waals surface area contributed by atoms with Gasteiger partial charge in [0.1, 0.15) is 0 Å². The third-order valence-corrected chi connectivity index (χ3v) is 10.7. The van der Waals surface area contributed by atoms with Crippen LogP contribution in [-0.2, 0) is 26.5 Å². The molecule has 0 unspecified atom stereocenters. The van der Waals surface area contributed by atoms with E-state index in [0.29, 0.717) is 4.08 Å². The first-order valence-electron chi connectivity index (χ1n) is 12.1. The van der Waals surface area contributed by atoms with Crippen molar-refractivity contribution in [3.8, 4) is 0 Å². The summed E-state index contributed by atoms with van der Waals surface area (Å²) in [6.45, 7) is 3.88. The fourth-order valence-corrected chi connectivity index (χ4v) is 9.27. The van der Waals surface area contributed by atoms with Crippen molar-refractivity contribution >= 4 is 35.5 Å². The van der Waals surface area contributed by atoms with Gasteiger partial charge in [0, 0.05) is 17.5 Å². The molecule has 2 fully saturated rings. The van der Waals surface area contributed by atoms with Gasteiger partial charge in [-0.3, -0.25) is 0 Å². The second-order valence-corrected chi connectivity index (χ2v) is 12.5. The van der Waals surface area contributed by atoms with Crippen molar-refractivity contribution in [2.24, 2.45) is 5.92 Å². The van der Waals surface area contributed by atoms with Gasteiger partial charge in [-0.15, -0.1) is 23.5 Å². The average Bonchev–Trinajstić information content (AvgIpc) is 3.24. The Balaban J connectivity index is 0.000000408. The Hall–Kier alpha value is -1.96. The lowest BCUT2D eigenvalue weighted by atomic mass is 9.90. The molecule has 0 aromatic heterocycles. The lowest BCUT2D eigenvalue weighted by Crippen LogP contribution is -2.38. The Bertz CT molecular complexity index is 966. The van der Waals surface area contributed by atoms with Crippen LogP contribution < -0.4 is 0 Å². The van der Waals surface area contributed by atoms with Crippen molar-refractivity contribution in [2.75, 3.05) is 25.4 Å². The van der Waals surface area contributed by atoms with E-state index in [9.17, 15) is 0 Å². The predicted octanol–water partition coefficient (Wildman–Crippen LogP) is 5.13. The first kappa shape index (κ1) is 25.1. The summed E-state index contributed by atoms with van der Waals surface area (Å²) in [7, 11) is 0. The minimum Gasteiger partial charge on any atom is -0.473 e. The molecule has 5 rings (SSSR count). The van der Waals surface area contributed by atoms with E-state index in [1.165, 1.54) is 69.5 Å². The number of likely N-dealkylation sites (tertiary alicyclic amines) is 1. The quantitative estimate of drug-likeness (QED) is 0.565. The van der Waals surface area contributed by atoms with Gasteiger partial charge in [-0.25, -0.2) is 9.59 Å². The zero-order chi connectivity index (χ0) is 24.0. The maximum Gasteiger partial charge on any atom is 0.414 e. The van der Waals surface area contributed by atoms with Crippen molar-refractivity contribution < 1.29 is 19.8 Å². The van der Waals surface area contributed by atoms with E-state index in [2.05, 4.69) is 83.0 Å². The molecule has 5 nitrogen and oxygen atoms in total. The van der Waals surface area contributed by atoms with Gasteiger partial charge in [-0.05, 0) is 74.2 Å². The second-order valence-electron chi connectivity index (χ2n) is 9.36. The molecule has 0 radical (unpaired) electrons. The zero-order valence-electron chi connectivity index (χ0n) is 19.4. The van der Waals surface area contributed by atoms with Gasteiger partial charge >= 0.3 is 11.9 Å². The second kappa shape index (κ2) is 11.6. The number of thioether (sulfide) groups is 2. The molecule has 0 amide bonds. The Morgan fingerprint density at radius 2 is 1.65 bits per heavy atom. The van der Waals surface area contributed by atoms with Gasteiger partial charge in [-0.1, -0.05) is 54.6 Å². The van der Waals surface area contributed by atoms with E-state index in [1.807, 2.05) is 0 Å². The fraction of sp³-hybridized carbons (Fsp3) is 0.481. The number of piperidine rings is 1. The maximum absolute atomic E-state index is 9.10. The third-order valence-electron chi connectivity index (χ3n) is 6.96. The highest BCUT2D eigenvalue weighted by Crippen LogP contribution is 2.60. The SMILES string of the molecule is O=C(O)C(=O)O.c1ccc(CC2CCN(C[C@@H]3CS[C@]4(CCCc5ccccc54)S3)CC2)cc1. The van der Waals surface area contributed by atoms with Gasteiger partial charge in [-0.2, -0.15) is 0 Å². The molecule has 2 heterocycles. The lowest BCUT2D eigenvalue weighted by molar-refractivity contribution is -0.159. The number of aliphatic carboxylic acids is 2. The summed E-state index contributed by atoms with van der Waals surface area (Å²) in [5.41, 5.74) is 4.76. The van der Waals surface area contributed by atoms with Gasteiger partial charge < -0.3 is 15.1 Å². The highest BCUT2D eigenvalue weighted by molar-refractivity contribution is 8.21. The van der Waals surface area contributed by atoms with E-state index >= 15 is 0 Å². The van der Waals surface area contributed by atoms with Gasteiger partial charge in [0.05, 0.1) is 4.08 Å². The van der Waals surface area contributed by atoms with Crippen LogP contribution in [-0.4, -0.2) is 57.7 Å². The van der Waals surface area contributed by atoms with Gasteiger partial charge in [0.2, 0.25) is 0 Å². The number of carboxylic acids is 2. The van der Waals surface area contributed by atoms with Crippen LogP contribution in [0.3, 0.4) is 0 Å². The van der Waals surface area contributed by atoms with Crippen LogP contribution in [0.2, 0.25) is 0 Å². The normalized spacial score (nSPS) is 24.8. The maximum atomic E-state index is 9.10. The molecule has 0 saturated carbocycles. The summed E-state index contributed by atoms with van der Waals surface area (Å²) in [6, 6.07) is 20.3. The van der Waals surface area contributed by atoms with Crippen LogP contribution in [0.5, 0.6) is 0 Å². The molecule has 0 bridgehead atoms. The minimum atomic E-state index is -1.82. The van der Waals surface area contributed by atoms with Crippen molar-refractivity contribution in [1.29, 1.82) is 0 Å². The number of nitrogens with zero attached hydrogens (tertiary/aromatic N) is 1. The first-order valence-corrected chi connectivity index (χ1v) is 13.9. The third kappa shape index (κ3) is 6.37. The Morgan fingerprint density at radius 3 is 2.35 bits per heavy atom. The molecule has 3 aliphatic rings. The molecule has 2 aliphatic heterocycles. The van der Waals surface area contributed by atoms with Crippen LogP contribution in [0.25, 0.3) is 0 Å². The van der Waals surface area contributed by atoms with Crippen LogP contribution in [0.15, 0.2) is 54.6 Å². The first-order chi connectivity index (χ1) is 16.4. The molecular formula is C27H33NO4S2. The van der Waals surface area contributed by atoms with Crippen LogP contribution >= 0.6 is 23.5 Å². The number of aryl methyl sites for hydroxylation is 1. The number of rotatable bonds is 4. The Kier molecular flexibility index (Phi) is 8.61. The van der Waals surface area contributed by atoms with Crippen LogP contribution in [0.4, 0.5) is 0 Å². The molecule has 2 aromatic carbocycles. The summed E-state index contributed by atoms with van der Waals surface area (Å²) in [5.74, 6) is -1.45. The van der Waals surface area contributed by atoms with E-state index in [4.69, 9.17) is 19.8 Å². The summed E-state index contributed by atoms with van der Waals surface area (Å²) >= 11 is 4.54. The van der Waals surface area contributed by atoms with Crippen molar-refractivity contribution in [3.05, 3.63) is 71.3 Å². The number of carboxylic acid groups (broad SMARTS) is 2. The van der Waals surface area contributed by atoms with Crippen LogP contribution in [0, 0.1) is 5.92 Å². The number of fused-ring (bicyclic) bond motifs is 2. The zero-order valence-corrected chi connectivity index (χ0v) is 21.0. The molecule has 1 aliphatic carbocycles. The monoisotopic (exact) mass is 499 g/mol. The Labute approximate surface area is 210 Å². The lowest BCUT2D eigenvalue weighted by Gasteiger charge is -2.36. The van der Waals surface area contributed by atoms with Gasteiger partial charge in [0.15, 0.2) is 0 Å². The highest BCUT2D eigenvalue weighted by Gasteiger charge is 2.45.